The maximum Gasteiger partial charge on any atom is 0.243 e. The van der Waals surface area contributed by atoms with E-state index >= 15 is 0 Å². The highest BCUT2D eigenvalue weighted by atomic mass is 32.2. The molecule has 18 heavy (non-hydrogen) atoms. The van der Waals surface area contributed by atoms with E-state index in [0.29, 0.717) is 0 Å². The fourth-order valence-corrected chi connectivity index (χ4v) is 3.09. The minimum Gasteiger partial charge on any atom is -0.388 e. The molecular weight excluding hydrogens is 250 g/mol. The summed E-state index contributed by atoms with van der Waals surface area (Å²) in [5.41, 5.74) is 6.19. The Morgan fingerprint density at radius 1 is 1.50 bits per heavy atom. The Balaban J connectivity index is 3.03. The molecular formula is C12H19N3O2S. The predicted octanol–water partition coefficient (Wildman–Crippen LogP) is 1.33. The number of amidine groups is 1. The van der Waals surface area contributed by atoms with Gasteiger partial charge in [-0.05, 0) is 31.5 Å². The van der Waals surface area contributed by atoms with Crippen molar-refractivity contribution >= 4 is 15.9 Å². The molecule has 5 nitrogen and oxygen atoms in total. The molecule has 1 aromatic rings. The molecule has 0 fully saturated rings. The van der Waals surface area contributed by atoms with Gasteiger partial charge in [0.2, 0.25) is 10.0 Å². The van der Waals surface area contributed by atoms with Crippen LogP contribution in [0, 0.1) is 12.3 Å². The third-order valence-electron chi connectivity index (χ3n) is 2.80. The highest BCUT2D eigenvalue weighted by molar-refractivity contribution is 7.89. The summed E-state index contributed by atoms with van der Waals surface area (Å²) in [6.45, 7) is 3.58. The zero-order valence-electron chi connectivity index (χ0n) is 10.8. The second-order valence-corrected chi connectivity index (χ2v) is 6.41. The monoisotopic (exact) mass is 269 g/mol. The van der Waals surface area contributed by atoms with Crippen LogP contribution in [0.2, 0.25) is 0 Å². The Labute approximate surface area is 108 Å². The van der Waals surface area contributed by atoms with Gasteiger partial charge in [0, 0.05) is 19.5 Å². The van der Waals surface area contributed by atoms with E-state index < -0.39 is 10.0 Å². The number of hydrogen-bond acceptors (Lipinski definition) is 3. The van der Waals surface area contributed by atoms with Crippen molar-refractivity contribution in [2.75, 3.05) is 7.05 Å². The van der Waals surface area contributed by atoms with Gasteiger partial charge in [-0.1, -0.05) is 12.1 Å². The summed E-state index contributed by atoms with van der Waals surface area (Å²) in [5.74, 6) is -0.0196. The number of nitrogens with zero attached hydrogens (tertiary/aromatic N) is 1. The van der Waals surface area contributed by atoms with Crippen molar-refractivity contribution in [3.05, 3.63) is 29.8 Å². The van der Waals surface area contributed by atoms with Gasteiger partial charge in [-0.3, -0.25) is 5.41 Å². The summed E-state index contributed by atoms with van der Waals surface area (Å²) in [4.78, 5) is 0.264. The number of benzene rings is 1. The lowest BCUT2D eigenvalue weighted by Gasteiger charge is -2.24. The lowest BCUT2D eigenvalue weighted by Crippen LogP contribution is -2.37. The molecule has 1 atom stereocenters. The van der Waals surface area contributed by atoms with Gasteiger partial charge in [-0.25, -0.2) is 8.42 Å². The van der Waals surface area contributed by atoms with Crippen LogP contribution in [0.4, 0.5) is 0 Å². The van der Waals surface area contributed by atoms with Crippen molar-refractivity contribution < 1.29 is 8.42 Å². The van der Waals surface area contributed by atoms with Crippen molar-refractivity contribution in [3.63, 3.8) is 0 Å². The topological polar surface area (TPSA) is 87.2 Å². The maximum absolute atomic E-state index is 12.3. The third kappa shape index (κ3) is 3.30. The lowest BCUT2D eigenvalue weighted by molar-refractivity contribution is 0.396. The van der Waals surface area contributed by atoms with Crippen LogP contribution in [0.1, 0.15) is 18.9 Å². The van der Waals surface area contributed by atoms with Gasteiger partial charge in [0.15, 0.2) is 0 Å². The van der Waals surface area contributed by atoms with E-state index in [1.807, 2.05) is 13.0 Å². The summed E-state index contributed by atoms with van der Waals surface area (Å²) in [6, 6.07) is 6.42. The Hall–Kier alpha value is -1.40. The van der Waals surface area contributed by atoms with E-state index in [1.54, 1.807) is 25.1 Å². The highest BCUT2D eigenvalue weighted by Gasteiger charge is 2.25. The van der Waals surface area contributed by atoms with E-state index in [0.717, 1.165) is 5.56 Å². The van der Waals surface area contributed by atoms with Crippen LogP contribution in [-0.4, -0.2) is 31.6 Å². The second-order valence-electron chi connectivity index (χ2n) is 4.42. The van der Waals surface area contributed by atoms with E-state index in [-0.39, 0.29) is 23.2 Å². The number of aryl methyl sites for hydroxylation is 1. The normalized spacial score (nSPS) is 13.6. The molecule has 1 unspecified atom stereocenters. The third-order valence-corrected chi connectivity index (χ3v) is 4.77. The molecule has 0 aromatic heterocycles. The number of rotatable bonds is 5. The molecule has 0 saturated heterocycles. The quantitative estimate of drug-likeness (QED) is 0.624. The van der Waals surface area contributed by atoms with Crippen LogP contribution in [0.3, 0.4) is 0 Å². The SMILES string of the molecule is Cc1cccc(S(=O)(=O)N(C)C(C)CC(=N)N)c1. The van der Waals surface area contributed by atoms with Crippen LogP contribution >= 0.6 is 0 Å². The van der Waals surface area contributed by atoms with E-state index in [2.05, 4.69) is 0 Å². The van der Waals surface area contributed by atoms with Gasteiger partial charge in [-0.2, -0.15) is 4.31 Å². The Bertz CT molecular complexity index is 540. The first-order chi connectivity index (χ1) is 8.25. The molecule has 0 amide bonds. The van der Waals surface area contributed by atoms with Crippen LogP contribution in [-0.2, 0) is 10.0 Å². The molecule has 0 heterocycles. The first-order valence-corrected chi connectivity index (χ1v) is 7.06. The van der Waals surface area contributed by atoms with Crippen molar-refractivity contribution in [2.24, 2.45) is 5.73 Å². The maximum atomic E-state index is 12.3. The Morgan fingerprint density at radius 2 is 2.11 bits per heavy atom. The largest absolute Gasteiger partial charge is 0.388 e. The molecule has 1 rings (SSSR count). The molecule has 0 spiro atoms. The molecule has 100 valence electrons. The van der Waals surface area contributed by atoms with Gasteiger partial charge in [-0.15, -0.1) is 0 Å². The smallest absolute Gasteiger partial charge is 0.243 e. The van der Waals surface area contributed by atoms with Crippen molar-refractivity contribution in [2.45, 2.75) is 31.2 Å². The average Bonchev–Trinajstić information content (AvgIpc) is 2.27. The van der Waals surface area contributed by atoms with Gasteiger partial charge >= 0.3 is 0 Å². The lowest BCUT2D eigenvalue weighted by atomic mass is 10.2. The number of sulfonamides is 1. The molecule has 6 heteroatoms. The molecule has 0 saturated carbocycles. The van der Waals surface area contributed by atoms with Gasteiger partial charge in [0.1, 0.15) is 0 Å². The fraction of sp³-hybridized carbons (Fsp3) is 0.417. The van der Waals surface area contributed by atoms with Gasteiger partial charge < -0.3 is 5.73 Å². The van der Waals surface area contributed by atoms with Crippen LogP contribution in [0.15, 0.2) is 29.2 Å². The van der Waals surface area contributed by atoms with Gasteiger partial charge in [0.25, 0.3) is 0 Å². The van der Waals surface area contributed by atoms with Crippen molar-refractivity contribution in [1.82, 2.24) is 4.31 Å². The number of hydrogen-bond donors (Lipinski definition) is 2. The molecule has 3 N–H and O–H groups in total. The number of nitrogens with one attached hydrogen (secondary N) is 1. The minimum atomic E-state index is -3.53. The van der Waals surface area contributed by atoms with Crippen LogP contribution in [0.25, 0.3) is 0 Å². The standard InChI is InChI=1S/C12H19N3O2S/c1-9-5-4-6-11(7-9)18(16,17)15(3)10(2)8-12(13)14/h4-7,10H,8H2,1-3H3,(H3,13,14). The van der Waals surface area contributed by atoms with Crippen molar-refractivity contribution in [3.8, 4) is 0 Å². The van der Waals surface area contributed by atoms with E-state index in [9.17, 15) is 8.42 Å². The molecule has 0 aliphatic carbocycles. The summed E-state index contributed by atoms with van der Waals surface area (Å²) in [6.07, 6.45) is 0.224. The molecule has 0 aliphatic heterocycles. The summed E-state index contributed by atoms with van der Waals surface area (Å²) < 4.78 is 25.9. The van der Waals surface area contributed by atoms with Crippen LogP contribution < -0.4 is 5.73 Å². The zero-order valence-corrected chi connectivity index (χ0v) is 11.7. The molecule has 0 bridgehead atoms. The first kappa shape index (κ1) is 14.7. The predicted molar refractivity (Wildman–Crippen MR) is 72.1 cm³/mol. The zero-order chi connectivity index (χ0) is 13.9. The van der Waals surface area contributed by atoms with E-state index in [1.165, 1.54) is 11.4 Å². The molecule has 1 aromatic carbocycles. The average molecular weight is 269 g/mol. The second kappa shape index (κ2) is 5.49. The van der Waals surface area contributed by atoms with Crippen molar-refractivity contribution in [1.29, 1.82) is 5.41 Å². The summed E-state index contributed by atoms with van der Waals surface area (Å²) >= 11 is 0. The Morgan fingerprint density at radius 3 is 2.61 bits per heavy atom. The summed E-state index contributed by atoms with van der Waals surface area (Å²) in [5, 5.41) is 7.22. The van der Waals surface area contributed by atoms with Gasteiger partial charge in [0.05, 0.1) is 10.7 Å². The number of nitrogens with two attached hydrogens (primary N) is 1. The Kier molecular flexibility index (Phi) is 4.48. The summed E-state index contributed by atoms with van der Waals surface area (Å²) in [7, 11) is -2.02. The molecule has 0 aliphatic rings. The highest BCUT2D eigenvalue weighted by Crippen LogP contribution is 2.18. The molecule has 0 radical (unpaired) electrons. The fourth-order valence-electron chi connectivity index (χ4n) is 1.63. The minimum absolute atomic E-state index is 0.0196. The van der Waals surface area contributed by atoms with E-state index in [4.69, 9.17) is 11.1 Å². The first-order valence-electron chi connectivity index (χ1n) is 5.62. The van der Waals surface area contributed by atoms with Crippen LogP contribution in [0.5, 0.6) is 0 Å².